The van der Waals surface area contributed by atoms with Gasteiger partial charge < -0.3 is 5.32 Å². The lowest BCUT2D eigenvalue weighted by molar-refractivity contribution is -0.123. The van der Waals surface area contributed by atoms with Crippen LogP contribution in [0.2, 0.25) is 0 Å². The first kappa shape index (κ1) is 16.3. The fraction of sp³-hybridized carbons (Fsp3) is 0.222. The molecular weight excluding hydrogens is 294 g/mol. The van der Waals surface area contributed by atoms with E-state index in [0.717, 1.165) is 21.7 Å². The number of benzene rings is 2. The number of carbonyl (C=O) groups is 2. The number of carbonyl (C=O) groups excluding carboxylic acids is 2. The van der Waals surface area contributed by atoms with E-state index in [1.54, 1.807) is 0 Å². The quantitative estimate of drug-likeness (QED) is 0.670. The molecule has 1 N–H and O–H groups in total. The van der Waals surface area contributed by atoms with Crippen LogP contribution in [0, 0.1) is 13.8 Å². The third-order valence-corrected chi connectivity index (χ3v) is 4.58. The molecule has 0 aromatic heterocycles. The molecule has 1 unspecified atom stereocenters. The van der Waals surface area contributed by atoms with Crippen LogP contribution in [0.15, 0.2) is 53.4 Å². The van der Waals surface area contributed by atoms with Gasteiger partial charge in [0.05, 0.1) is 0 Å². The van der Waals surface area contributed by atoms with Gasteiger partial charge in [-0.25, -0.2) is 0 Å². The van der Waals surface area contributed by atoms with E-state index >= 15 is 0 Å². The molecule has 0 saturated heterocycles. The zero-order chi connectivity index (χ0) is 16.1. The maximum absolute atomic E-state index is 12.5. The van der Waals surface area contributed by atoms with Crippen molar-refractivity contribution in [3.63, 3.8) is 0 Å². The maximum atomic E-state index is 12.5. The summed E-state index contributed by atoms with van der Waals surface area (Å²) in [6, 6.07) is 15.3. The van der Waals surface area contributed by atoms with Crippen molar-refractivity contribution < 1.29 is 9.59 Å². The third-order valence-electron chi connectivity index (χ3n) is 3.26. The maximum Gasteiger partial charge on any atom is 0.245 e. The van der Waals surface area contributed by atoms with Gasteiger partial charge in [0.2, 0.25) is 5.91 Å². The number of hydrogen-bond donors (Lipinski definition) is 1. The van der Waals surface area contributed by atoms with Crippen molar-refractivity contribution in [3.05, 3.63) is 59.7 Å². The Hall–Kier alpha value is -2.07. The van der Waals surface area contributed by atoms with Gasteiger partial charge in [-0.1, -0.05) is 30.3 Å². The summed E-state index contributed by atoms with van der Waals surface area (Å²) >= 11 is 1.27. The van der Waals surface area contributed by atoms with Crippen LogP contribution in [0.4, 0.5) is 5.69 Å². The van der Waals surface area contributed by atoms with E-state index in [0.29, 0.717) is 0 Å². The second-order valence-electron chi connectivity index (χ2n) is 5.23. The molecule has 2 aromatic carbocycles. The summed E-state index contributed by atoms with van der Waals surface area (Å²) in [5, 5.41) is 2.12. The zero-order valence-electron chi connectivity index (χ0n) is 12.9. The molecule has 1 atom stereocenters. The average Bonchev–Trinajstić information content (AvgIpc) is 2.49. The first-order chi connectivity index (χ1) is 10.5. The SMILES string of the molecule is CC(=O)C(Sc1ccccc1)C(=O)Nc1cc(C)ccc1C. The van der Waals surface area contributed by atoms with Gasteiger partial charge in [0, 0.05) is 10.6 Å². The van der Waals surface area contributed by atoms with Crippen LogP contribution < -0.4 is 5.32 Å². The number of thioether (sulfide) groups is 1. The summed E-state index contributed by atoms with van der Waals surface area (Å²) in [6.45, 7) is 5.35. The van der Waals surface area contributed by atoms with Crippen molar-refractivity contribution in [2.45, 2.75) is 30.9 Å². The molecule has 2 aromatic rings. The highest BCUT2D eigenvalue weighted by Crippen LogP contribution is 2.25. The highest BCUT2D eigenvalue weighted by atomic mass is 32.2. The van der Waals surface area contributed by atoms with E-state index < -0.39 is 5.25 Å². The van der Waals surface area contributed by atoms with Crippen molar-refractivity contribution in [1.29, 1.82) is 0 Å². The topological polar surface area (TPSA) is 46.2 Å². The van der Waals surface area contributed by atoms with Crippen molar-refractivity contribution >= 4 is 29.1 Å². The number of aryl methyl sites for hydroxylation is 2. The molecule has 4 heteroatoms. The molecule has 0 spiro atoms. The molecule has 0 aliphatic carbocycles. The number of ketones is 1. The first-order valence-electron chi connectivity index (χ1n) is 7.07. The molecule has 3 nitrogen and oxygen atoms in total. The summed E-state index contributed by atoms with van der Waals surface area (Å²) in [6.07, 6.45) is 0. The van der Waals surface area contributed by atoms with Crippen molar-refractivity contribution in [2.24, 2.45) is 0 Å². The number of hydrogen-bond acceptors (Lipinski definition) is 3. The fourth-order valence-electron chi connectivity index (χ4n) is 2.03. The van der Waals surface area contributed by atoms with Crippen LogP contribution in [0.5, 0.6) is 0 Å². The average molecular weight is 313 g/mol. The van der Waals surface area contributed by atoms with Crippen LogP contribution in [-0.4, -0.2) is 16.9 Å². The monoisotopic (exact) mass is 313 g/mol. The Labute approximate surface area is 135 Å². The fourth-order valence-corrected chi connectivity index (χ4v) is 2.94. The van der Waals surface area contributed by atoms with E-state index in [2.05, 4.69) is 5.32 Å². The molecule has 0 aliphatic heterocycles. The lowest BCUT2D eigenvalue weighted by atomic mass is 10.1. The summed E-state index contributed by atoms with van der Waals surface area (Å²) in [7, 11) is 0. The number of anilines is 1. The van der Waals surface area contributed by atoms with E-state index in [1.165, 1.54) is 18.7 Å². The van der Waals surface area contributed by atoms with Gasteiger partial charge in [-0.15, -0.1) is 11.8 Å². The van der Waals surface area contributed by atoms with Crippen LogP contribution >= 0.6 is 11.8 Å². The molecule has 0 saturated carbocycles. The summed E-state index contributed by atoms with van der Waals surface area (Å²) in [5.41, 5.74) is 2.80. The Morgan fingerprint density at radius 1 is 1.05 bits per heavy atom. The van der Waals surface area contributed by atoms with E-state index in [-0.39, 0.29) is 11.7 Å². The molecule has 0 fully saturated rings. The van der Waals surface area contributed by atoms with Crippen LogP contribution in [-0.2, 0) is 9.59 Å². The largest absolute Gasteiger partial charge is 0.324 e. The number of Topliss-reactive ketones (excluding diaryl/α,β-unsaturated/α-hetero) is 1. The van der Waals surface area contributed by atoms with Crippen molar-refractivity contribution in [3.8, 4) is 0 Å². The molecule has 2 rings (SSSR count). The molecule has 0 heterocycles. The first-order valence-corrected chi connectivity index (χ1v) is 7.95. The molecule has 1 amide bonds. The van der Waals surface area contributed by atoms with Gasteiger partial charge in [-0.2, -0.15) is 0 Å². The van der Waals surface area contributed by atoms with E-state index in [1.807, 2.05) is 62.4 Å². The Bertz CT molecular complexity index is 683. The molecule has 0 radical (unpaired) electrons. The number of nitrogens with one attached hydrogen (secondary N) is 1. The zero-order valence-corrected chi connectivity index (χ0v) is 13.7. The van der Waals surface area contributed by atoms with Crippen LogP contribution in [0.25, 0.3) is 0 Å². The van der Waals surface area contributed by atoms with Gasteiger partial charge in [0.25, 0.3) is 0 Å². The molecule has 114 valence electrons. The van der Waals surface area contributed by atoms with E-state index in [4.69, 9.17) is 0 Å². The van der Waals surface area contributed by atoms with Gasteiger partial charge >= 0.3 is 0 Å². The molecular formula is C18H19NO2S. The summed E-state index contributed by atoms with van der Waals surface area (Å²) in [5.74, 6) is -0.438. The Morgan fingerprint density at radius 3 is 2.36 bits per heavy atom. The number of amides is 1. The Kier molecular flexibility index (Phi) is 5.39. The lowest BCUT2D eigenvalue weighted by Gasteiger charge is -2.15. The predicted molar refractivity (Wildman–Crippen MR) is 91.3 cm³/mol. The van der Waals surface area contributed by atoms with Gasteiger partial charge in [-0.05, 0) is 50.1 Å². The van der Waals surface area contributed by atoms with Crippen LogP contribution in [0.3, 0.4) is 0 Å². The standard InChI is InChI=1S/C18H19NO2S/c1-12-9-10-13(2)16(11-12)19-18(21)17(14(3)20)22-15-7-5-4-6-8-15/h4-11,17H,1-3H3,(H,19,21). The molecule has 0 aliphatic rings. The van der Waals surface area contributed by atoms with Gasteiger partial charge in [0.1, 0.15) is 5.25 Å². The molecule has 0 bridgehead atoms. The minimum atomic E-state index is -0.748. The van der Waals surface area contributed by atoms with Crippen LogP contribution in [0.1, 0.15) is 18.1 Å². The highest BCUT2D eigenvalue weighted by Gasteiger charge is 2.25. The van der Waals surface area contributed by atoms with Crippen molar-refractivity contribution in [2.75, 3.05) is 5.32 Å². The molecule has 22 heavy (non-hydrogen) atoms. The normalized spacial score (nSPS) is 11.8. The Balaban J connectivity index is 2.16. The second-order valence-corrected chi connectivity index (χ2v) is 6.41. The smallest absolute Gasteiger partial charge is 0.245 e. The predicted octanol–water partition coefficient (Wildman–Crippen LogP) is 3.99. The van der Waals surface area contributed by atoms with Gasteiger partial charge in [0.15, 0.2) is 5.78 Å². The lowest BCUT2D eigenvalue weighted by Crippen LogP contribution is -2.31. The highest BCUT2D eigenvalue weighted by molar-refractivity contribution is 8.01. The Morgan fingerprint density at radius 2 is 1.73 bits per heavy atom. The summed E-state index contributed by atoms with van der Waals surface area (Å²) in [4.78, 5) is 25.2. The van der Waals surface area contributed by atoms with E-state index in [9.17, 15) is 9.59 Å². The number of rotatable bonds is 5. The second kappa shape index (κ2) is 7.27. The van der Waals surface area contributed by atoms with Gasteiger partial charge in [-0.3, -0.25) is 9.59 Å². The minimum Gasteiger partial charge on any atom is -0.324 e. The van der Waals surface area contributed by atoms with Crippen molar-refractivity contribution in [1.82, 2.24) is 0 Å². The minimum absolute atomic E-state index is 0.156. The third kappa shape index (κ3) is 4.21. The summed E-state index contributed by atoms with van der Waals surface area (Å²) < 4.78 is 0.